The molecule has 0 fully saturated rings. The molecule has 0 aliphatic heterocycles. The van der Waals surface area contributed by atoms with Crippen LogP contribution in [0.4, 0.5) is 20.4 Å². The van der Waals surface area contributed by atoms with Crippen LogP contribution < -0.4 is 20.8 Å². The molecule has 3 N–H and O–H groups in total. The number of rotatable bonds is 6. The van der Waals surface area contributed by atoms with Crippen molar-refractivity contribution >= 4 is 43.3 Å². The zero-order valence-corrected chi connectivity index (χ0v) is 22.7. The van der Waals surface area contributed by atoms with Gasteiger partial charge >= 0.3 is 0 Å². The van der Waals surface area contributed by atoms with Gasteiger partial charge in [-0.15, -0.1) is 0 Å². The number of nitrogens with two attached hydrogens (primary N) is 1. The highest BCUT2D eigenvalue weighted by molar-refractivity contribution is 7.92. The van der Waals surface area contributed by atoms with Gasteiger partial charge in [-0.3, -0.25) is 9.52 Å². The lowest BCUT2D eigenvalue weighted by Crippen LogP contribution is -2.23. The van der Waals surface area contributed by atoms with Gasteiger partial charge < -0.3 is 10.5 Å². The van der Waals surface area contributed by atoms with Gasteiger partial charge in [-0.2, -0.15) is 0 Å². The Morgan fingerprint density at radius 1 is 0.905 bits per heavy atom. The van der Waals surface area contributed by atoms with Gasteiger partial charge in [-0.05, 0) is 47.3 Å². The lowest BCUT2D eigenvalue weighted by molar-refractivity contribution is 0.400. The predicted octanol–water partition coefficient (Wildman–Crippen LogP) is 5.27. The van der Waals surface area contributed by atoms with Crippen molar-refractivity contribution in [1.29, 1.82) is 0 Å². The Balaban J connectivity index is 1.46. The maximum absolute atomic E-state index is 14.3. The third kappa shape index (κ3) is 4.67. The van der Waals surface area contributed by atoms with Gasteiger partial charge in [0.25, 0.3) is 15.6 Å². The quantitative estimate of drug-likeness (QED) is 0.272. The predicted molar refractivity (Wildman–Crippen MR) is 156 cm³/mol. The maximum atomic E-state index is 14.3. The Hall–Kier alpha value is -5.36. The van der Waals surface area contributed by atoms with Crippen LogP contribution in [0.5, 0.6) is 5.88 Å². The molecule has 2 aromatic heterocycles. The van der Waals surface area contributed by atoms with E-state index < -0.39 is 32.1 Å². The molecule has 0 spiro atoms. The van der Waals surface area contributed by atoms with E-state index in [4.69, 9.17) is 10.5 Å². The van der Waals surface area contributed by atoms with Crippen molar-refractivity contribution in [2.45, 2.75) is 4.90 Å². The van der Waals surface area contributed by atoms with Crippen LogP contribution in [-0.2, 0) is 10.0 Å². The largest absolute Gasteiger partial charge is 0.480 e. The lowest BCUT2D eigenvalue weighted by atomic mass is 10.0. The number of nitrogens with one attached hydrogen (secondary N) is 1. The highest BCUT2D eigenvalue weighted by Crippen LogP contribution is 2.32. The first kappa shape index (κ1) is 26.8. The minimum Gasteiger partial charge on any atom is -0.480 e. The second-order valence-corrected chi connectivity index (χ2v) is 11.0. The van der Waals surface area contributed by atoms with Crippen molar-refractivity contribution in [2.24, 2.45) is 0 Å². The van der Waals surface area contributed by atoms with Crippen LogP contribution in [0, 0.1) is 11.6 Å². The van der Waals surface area contributed by atoms with Crippen molar-refractivity contribution < 1.29 is 21.9 Å². The van der Waals surface area contributed by atoms with E-state index in [9.17, 15) is 22.0 Å². The van der Waals surface area contributed by atoms with E-state index in [1.54, 1.807) is 24.3 Å². The number of hydrogen-bond donors (Lipinski definition) is 2. The van der Waals surface area contributed by atoms with Gasteiger partial charge in [0.1, 0.15) is 22.2 Å². The van der Waals surface area contributed by atoms with E-state index in [2.05, 4.69) is 14.7 Å². The molecule has 4 aromatic carbocycles. The molecule has 210 valence electrons. The molecule has 0 amide bonds. The topological polar surface area (TPSA) is 129 Å². The molecule has 0 aliphatic rings. The minimum absolute atomic E-state index is 0.0208. The fraction of sp³-hybridized carbons (Fsp3) is 0.0333. The number of aromatic nitrogens is 3. The van der Waals surface area contributed by atoms with Crippen LogP contribution in [0.25, 0.3) is 38.5 Å². The van der Waals surface area contributed by atoms with Gasteiger partial charge in [0, 0.05) is 23.2 Å². The molecule has 6 aromatic rings. The van der Waals surface area contributed by atoms with Crippen LogP contribution in [-0.4, -0.2) is 30.1 Å². The number of halogens is 2. The fourth-order valence-electron chi connectivity index (χ4n) is 4.76. The first-order chi connectivity index (χ1) is 20.2. The number of nitrogens with zero attached hydrogens (tertiary/aromatic N) is 3. The Morgan fingerprint density at radius 2 is 1.69 bits per heavy atom. The van der Waals surface area contributed by atoms with Crippen molar-refractivity contribution in [3.63, 3.8) is 0 Å². The first-order valence-electron chi connectivity index (χ1n) is 12.5. The molecule has 2 heterocycles. The molecule has 6 rings (SSSR count). The molecule has 0 saturated carbocycles. The standard InChI is InChI=1S/C30H21F2N5O4S/c1-41-28-25(36-42(39,40)27-12-10-20(31)15-23(27)32)14-19(16-34-28)18-9-11-24-22(13-18)29(38)37(30(33)35-24)26-8-4-6-17-5-2-3-7-21(17)26/h2-16,36H,1H3,(H2,33,35). The van der Waals surface area contributed by atoms with E-state index >= 15 is 0 Å². The van der Waals surface area contributed by atoms with Crippen LogP contribution in [0.2, 0.25) is 0 Å². The minimum atomic E-state index is -4.48. The third-order valence-electron chi connectivity index (χ3n) is 6.71. The third-order valence-corrected chi connectivity index (χ3v) is 8.11. The molecular formula is C30H21F2N5O4S. The number of fused-ring (bicyclic) bond motifs is 2. The van der Waals surface area contributed by atoms with Crippen molar-refractivity contribution in [3.05, 3.63) is 113 Å². The van der Waals surface area contributed by atoms with Gasteiger partial charge in [0.15, 0.2) is 0 Å². The monoisotopic (exact) mass is 585 g/mol. The molecule has 0 aliphatic carbocycles. The van der Waals surface area contributed by atoms with Crippen molar-refractivity contribution in [1.82, 2.24) is 14.5 Å². The van der Waals surface area contributed by atoms with Gasteiger partial charge in [0.2, 0.25) is 11.8 Å². The molecule has 42 heavy (non-hydrogen) atoms. The summed E-state index contributed by atoms with van der Waals surface area (Å²) in [7, 11) is -3.19. The molecule has 0 saturated heterocycles. The molecule has 0 radical (unpaired) electrons. The van der Waals surface area contributed by atoms with Crippen molar-refractivity contribution in [2.75, 3.05) is 17.6 Å². The second-order valence-electron chi connectivity index (χ2n) is 9.30. The number of pyridine rings is 1. The van der Waals surface area contributed by atoms with Crippen LogP contribution >= 0.6 is 0 Å². The summed E-state index contributed by atoms with van der Waals surface area (Å²) >= 11 is 0. The number of methoxy groups -OCH3 is 1. The summed E-state index contributed by atoms with van der Waals surface area (Å²) in [6.45, 7) is 0. The average Bonchev–Trinajstić information content (AvgIpc) is 2.97. The Bertz CT molecular complexity index is 2200. The summed E-state index contributed by atoms with van der Waals surface area (Å²) in [4.78, 5) is 21.7. The zero-order valence-electron chi connectivity index (χ0n) is 21.9. The highest BCUT2D eigenvalue weighted by Gasteiger charge is 2.22. The van der Waals surface area contributed by atoms with Gasteiger partial charge in [0.05, 0.1) is 23.7 Å². The molecule has 0 bridgehead atoms. The van der Waals surface area contributed by atoms with E-state index in [0.717, 1.165) is 22.9 Å². The Kier molecular flexibility index (Phi) is 6.54. The Labute approximate surface area is 237 Å². The summed E-state index contributed by atoms with van der Waals surface area (Å²) in [5.41, 5.74) is 7.63. The fourth-order valence-corrected chi connectivity index (χ4v) is 5.87. The average molecular weight is 586 g/mol. The normalized spacial score (nSPS) is 11.6. The summed E-state index contributed by atoms with van der Waals surface area (Å²) < 4.78 is 62.3. The smallest absolute Gasteiger partial charge is 0.267 e. The molecule has 0 atom stereocenters. The number of ether oxygens (including phenoxy) is 1. The van der Waals surface area contributed by atoms with E-state index in [1.165, 1.54) is 23.9 Å². The van der Waals surface area contributed by atoms with E-state index in [0.29, 0.717) is 28.4 Å². The SMILES string of the molecule is COc1ncc(-c2ccc3nc(N)n(-c4cccc5ccccc45)c(=O)c3c2)cc1NS(=O)(=O)c1ccc(F)cc1F. The Morgan fingerprint density at radius 3 is 2.48 bits per heavy atom. The van der Waals surface area contributed by atoms with Gasteiger partial charge in [-0.25, -0.2) is 31.7 Å². The summed E-state index contributed by atoms with van der Waals surface area (Å²) in [5, 5.41) is 2.01. The molecule has 9 nitrogen and oxygen atoms in total. The second kappa shape index (κ2) is 10.2. The number of anilines is 2. The first-order valence-corrected chi connectivity index (χ1v) is 14.0. The number of sulfonamides is 1. The molecule has 0 unspecified atom stereocenters. The zero-order chi connectivity index (χ0) is 29.6. The number of nitrogen functional groups attached to an aromatic ring is 1. The molecule has 12 heteroatoms. The van der Waals surface area contributed by atoms with Gasteiger partial charge in [-0.1, -0.05) is 42.5 Å². The van der Waals surface area contributed by atoms with Crippen LogP contribution in [0.3, 0.4) is 0 Å². The van der Waals surface area contributed by atoms with E-state index in [-0.39, 0.29) is 22.9 Å². The number of hydrogen-bond acceptors (Lipinski definition) is 7. The highest BCUT2D eigenvalue weighted by atomic mass is 32.2. The molecular weight excluding hydrogens is 564 g/mol. The lowest BCUT2D eigenvalue weighted by Gasteiger charge is -2.14. The van der Waals surface area contributed by atoms with E-state index in [1.807, 2.05) is 36.4 Å². The summed E-state index contributed by atoms with van der Waals surface area (Å²) in [5.74, 6) is -2.24. The van der Waals surface area contributed by atoms with Crippen LogP contribution in [0.1, 0.15) is 0 Å². The summed E-state index contributed by atoms with van der Waals surface area (Å²) in [6.07, 6.45) is 1.43. The maximum Gasteiger partial charge on any atom is 0.267 e. The number of benzene rings is 4. The van der Waals surface area contributed by atoms with Crippen LogP contribution in [0.15, 0.2) is 101 Å². The van der Waals surface area contributed by atoms with Crippen molar-refractivity contribution in [3.8, 4) is 22.7 Å². The summed E-state index contributed by atoms with van der Waals surface area (Å²) in [6, 6.07) is 21.6.